The second-order valence-corrected chi connectivity index (χ2v) is 9.21. The third-order valence-corrected chi connectivity index (χ3v) is 6.99. The maximum atomic E-state index is 13.9. The number of anilines is 2. The van der Waals surface area contributed by atoms with Gasteiger partial charge in [-0.25, -0.2) is 4.79 Å². The molecule has 33 heavy (non-hydrogen) atoms. The maximum Gasteiger partial charge on any atom is 0.329 e. The first-order chi connectivity index (χ1) is 15.9. The number of urea groups is 1. The summed E-state index contributed by atoms with van der Waals surface area (Å²) in [6.07, 6.45) is 1.47. The van der Waals surface area contributed by atoms with Gasteiger partial charge in [0.25, 0.3) is 0 Å². The first-order valence-corrected chi connectivity index (χ1v) is 11.7. The molecule has 9 heteroatoms. The second-order valence-electron chi connectivity index (χ2n) is 8.13. The highest BCUT2D eigenvalue weighted by Crippen LogP contribution is 2.48. The predicted octanol–water partition coefficient (Wildman–Crippen LogP) is 3.81. The van der Waals surface area contributed by atoms with Crippen LogP contribution in [0.3, 0.4) is 0 Å². The Hall–Kier alpha value is -3.33. The molecule has 2 aliphatic rings. The number of fused-ring (bicyclic) bond motifs is 2. The normalized spacial score (nSPS) is 18.0. The molecule has 2 heterocycles. The van der Waals surface area contributed by atoms with Crippen LogP contribution in [0.4, 0.5) is 16.2 Å². The molecule has 4 rings (SSSR count). The summed E-state index contributed by atoms with van der Waals surface area (Å²) in [5.41, 5.74) is 1.51. The molecule has 8 nitrogen and oxygen atoms in total. The van der Waals surface area contributed by atoms with E-state index in [1.807, 2.05) is 48.5 Å². The fourth-order valence-electron chi connectivity index (χ4n) is 4.21. The molecule has 0 saturated carbocycles. The van der Waals surface area contributed by atoms with Gasteiger partial charge in [-0.1, -0.05) is 36.0 Å². The van der Waals surface area contributed by atoms with E-state index in [9.17, 15) is 19.2 Å². The van der Waals surface area contributed by atoms with Crippen molar-refractivity contribution in [3.63, 3.8) is 0 Å². The smallest absolute Gasteiger partial charge is 0.329 e. The molecule has 2 aliphatic heterocycles. The van der Waals surface area contributed by atoms with Crippen LogP contribution in [0, 0.1) is 0 Å². The van der Waals surface area contributed by atoms with Crippen molar-refractivity contribution in [1.29, 1.82) is 0 Å². The number of carboxylic acids is 1. The number of hydrogen-bond acceptors (Lipinski definition) is 5. The summed E-state index contributed by atoms with van der Waals surface area (Å²) in [4.78, 5) is 55.1. The summed E-state index contributed by atoms with van der Waals surface area (Å²) < 4.78 is 0. The number of carboxylic acid groups (broad SMARTS) is 1. The van der Waals surface area contributed by atoms with Crippen molar-refractivity contribution in [2.24, 2.45) is 0 Å². The van der Waals surface area contributed by atoms with Gasteiger partial charge in [0.15, 0.2) is 5.78 Å². The first kappa shape index (κ1) is 22.8. The fourth-order valence-corrected chi connectivity index (χ4v) is 5.27. The number of likely N-dealkylation sites (tertiary alicyclic amines) is 1. The van der Waals surface area contributed by atoms with Gasteiger partial charge in [0.2, 0.25) is 5.91 Å². The predicted molar refractivity (Wildman–Crippen MR) is 124 cm³/mol. The van der Waals surface area contributed by atoms with Crippen LogP contribution in [-0.4, -0.2) is 52.3 Å². The van der Waals surface area contributed by atoms with E-state index in [1.165, 1.54) is 6.92 Å². The van der Waals surface area contributed by atoms with E-state index in [0.717, 1.165) is 34.0 Å². The van der Waals surface area contributed by atoms with E-state index in [0.29, 0.717) is 13.0 Å². The van der Waals surface area contributed by atoms with Crippen molar-refractivity contribution in [3.05, 3.63) is 48.5 Å². The highest BCUT2D eigenvalue weighted by molar-refractivity contribution is 7.99. The Morgan fingerprint density at radius 2 is 1.64 bits per heavy atom. The number of para-hydroxylation sites is 2. The summed E-state index contributed by atoms with van der Waals surface area (Å²) in [7, 11) is 0. The lowest BCUT2D eigenvalue weighted by Gasteiger charge is -2.40. The topological polar surface area (TPSA) is 107 Å². The van der Waals surface area contributed by atoms with Crippen LogP contribution in [0.25, 0.3) is 0 Å². The number of ketones is 1. The number of hydrogen-bond donors (Lipinski definition) is 2. The van der Waals surface area contributed by atoms with Gasteiger partial charge < -0.3 is 15.3 Å². The summed E-state index contributed by atoms with van der Waals surface area (Å²) in [5.74, 6) is -2.11. The monoisotopic (exact) mass is 467 g/mol. The van der Waals surface area contributed by atoms with Crippen LogP contribution in [0.2, 0.25) is 0 Å². The lowest BCUT2D eigenvalue weighted by molar-refractivity contribution is -0.140. The van der Waals surface area contributed by atoms with Crippen molar-refractivity contribution in [3.8, 4) is 0 Å². The van der Waals surface area contributed by atoms with Crippen LogP contribution in [0.5, 0.6) is 0 Å². The minimum Gasteiger partial charge on any atom is -0.481 e. The SMILES string of the molecule is CC(=O)C(CC(=O)O)NC(=O)C1CCCCN1C(=O)N1c2ccccc2Sc2ccccc21. The summed E-state index contributed by atoms with van der Waals surface area (Å²) in [6, 6.07) is 13.1. The molecule has 2 unspecified atom stereocenters. The van der Waals surface area contributed by atoms with Crippen molar-refractivity contribution in [2.75, 3.05) is 11.4 Å². The summed E-state index contributed by atoms with van der Waals surface area (Å²) in [5, 5.41) is 11.6. The van der Waals surface area contributed by atoms with Gasteiger partial charge in [-0.15, -0.1) is 0 Å². The molecular formula is C24H25N3O5S. The lowest BCUT2D eigenvalue weighted by atomic mass is 10.0. The van der Waals surface area contributed by atoms with Crippen LogP contribution in [-0.2, 0) is 14.4 Å². The largest absolute Gasteiger partial charge is 0.481 e. The Morgan fingerprint density at radius 3 is 2.21 bits per heavy atom. The molecule has 0 aromatic heterocycles. The number of rotatable bonds is 5. The van der Waals surface area contributed by atoms with Crippen LogP contribution in [0.15, 0.2) is 58.3 Å². The van der Waals surface area contributed by atoms with Gasteiger partial charge in [0.1, 0.15) is 6.04 Å². The second kappa shape index (κ2) is 9.66. The van der Waals surface area contributed by atoms with Gasteiger partial charge in [0.05, 0.1) is 23.8 Å². The van der Waals surface area contributed by atoms with Crippen molar-refractivity contribution >= 4 is 46.8 Å². The molecule has 172 valence electrons. The molecular weight excluding hydrogens is 442 g/mol. The summed E-state index contributed by atoms with van der Waals surface area (Å²) in [6.45, 7) is 1.64. The minimum atomic E-state index is -1.17. The lowest BCUT2D eigenvalue weighted by Crippen LogP contribution is -2.57. The quantitative estimate of drug-likeness (QED) is 0.693. The number of amides is 3. The van der Waals surface area contributed by atoms with E-state index in [2.05, 4.69) is 5.32 Å². The molecule has 2 aromatic carbocycles. The van der Waals surface area contributed by atoms with Crippen molar-refractivity contribution in [2.45, 2.75) is 54.5 Å². The zero-order valence-electron chi connectivity index (χ0n) is 18.2. The molecule has 3 amide bonds. The zero-order chi connectivity index (χ0) is 23.5. The van der Waals surface area contributed by atoms with Crippen molar-refractivity contribution < 1.29 is 24.3 Å². The first-order valence-electron chi connectivity index (χ1n) is 10.9. The molecule has 1 fully saturated rings. The Balaban J connectivity index is 1.64. The average Bonchev–Trinajstić information content (AvgIpc) is 2.81. The van der Waals surface area contributed by atoms with Crippen LogP contribution < -0.4 is 10.2 Å². The van der Waals surface area contributed by atoms with Crippen LogP contribution in [0.1, 0.15) is 32.6 Å². The molecule has 1 saturated heterocycles. The number of carbonyl (C=O) groups excluding carboxylic acids is 3. The molecule has 2 aromatic rings. The molecule has 2 N–H and O–H groups in total. The number of nitrogens with one attached hydrogen (secondary N) is 1. The van der Waals surface area contributed by atoms with Gasteiger partial charge in [-0.3, -0.25) is 19.3 Å². The number of nitrogens with zero attached hydrogens (tertiary/aromatic N) is 2. The third kappa shape index (κ3) is 4.73. The van der Waals surface area contributed by atoms with Crippen molar-refractivity contribution in [1.82, 2.24) is 10.2 Å². The average molecular weight is 468 g/mol. The van der Waals surface area contributed by atoms with E-state index in [4.69, 9.17) is 5.11 Å². The zero-order valence-corrected chi connectivity index (χ0v) is 19.0. The van der Waals surface area contributed by atoms with E-state index in [1.54, 1.807) is 21.6 Å². The molecule has 0 bridgehead atoms. The van der Waals surface area contributed by atoms with E-state index in [-0.39, 0.29) is 6.03 Å². The molecule has 0 radical (unpaired) electrons. The highest BCUT2D eigenvalue weighted by atomic mass is 32.2. The summed E-state index contributed by atoms with van der Waals surface area (Å²) >= 11 is 1.59. The van der Waals surface area contributed by atoms with Gasteiger partial charge in [-0.2, -0.15) is 0 Å². The van der Waals surface area contributed by atoms with Crippen LogP contribution >= 0.6 is 11.8 Å². The van der Waals surface area contributed by atoms with E-state index < -0.39 is 36.2 Å². The number of piperidine rings is 1. The fraction of sp³-hybridized carbons (Fsp3) is 0.333. The van der Waals surface area contributed by atoms with Gasteiger partial charge in [-0.05, 0) is 50.5 Å². The molecule has 0 aliphatic carbocycles. The molecule has 0 spiro atoms. The van der Waals surface area contributed by atoms with E-state index >= 15 is 0 Å². The maximum absolute atomic E-state index is 13.9. The highest BCUT2D eigenvalue weighted by Gasteiger charge is 2.38. The molecule has 2 atom stereocenters. The minimum absolute atomic E-state index is 0.312. The standard InChI is InChI=1S/C24H25N3O5S/c1-15(28)16(14-22(29)30)25-23(31)19-10-6-7-13-26(19)24(32)27-17-8-2-4-11-20(17)33-21-12-5-3-9-18(21)27/h2-5,8-9,11-12,16,19H,6-7,10,13-14H2,1H3,(H,25,31)(H,29,30). The Labute approximate surface area is 195 Å². The number of aliphatic carboxylic acids is 1. The van der Waals surface area contributed by atoms with Gasteiger partial charge >= 0.3 is 12.0 Å². The van der Waals surface area contributed by atoms with Gasteiger partial charge in [0, 0.05) is 16.3 Å². The Morgan fingerprint density at radius 1 is 1.03 bits per heavy atom. The third-order valence-electron chi connectivity index (χ3n) is 5.86. The Bertz CT molecular complexity index is 1060. The number of carbonyl (C=O) groups is 4. The Kier molecular flexibility index (Phi) is 6.69. The number of Topliss-reactive ketones (excluding diaryl/α,β-unsaturated/α-hetero) is 1. The number of benzene rings is 2.